The smallest absolute Gasteiger partial charge is 0.263 e. The lowest BCUT2D eigenvalue weighted by atomic mass is 10.5. The largest absolute Gasteiger partial charge is 0.365 e. The van der Waals surface area contributed by atoms with Crippen LogP contribution in [-0.2, 0) is 0 Å². The summed E-state index contributed by atoms with van der Waals surface area (Å²) in [5.74, 6) is 0.196. The van der Waals surface area contributed by atoms with Gasteiger partial charge in [-0.1, -0.05) is 9.89 Å². The Bertz CT molecular complexity index is 244. The van der Waals surface area contributed by atoms with Crippen molar-refractivity contribution in [3.8, 4) is 0 Å². The van der Waals surface area contributed by atoms with Gasteiger partial charge in [0.15, 0.2) is 0 Å². The molecule has 0 aliphatic heterocycles. The Morgan fingerprint density at radius 1 is 1.60 bits per heavy atom. The average molecular weight is 140 g/mol. The number of rotatable bonds is 1. The molecule has 6 heteroatoms. The maximum Gasteiger partial charge on any atom is 0.263 e. The van der Waals surface area contributed by atoms with E-state index < -0.39 is 0 Å². The van der Waals surface area contributed by atoms with Gasteiger partial charge in [0.2, 0.25) is 0 Å². The van der Waals surface area contributed by atoms with E-state index in [-0.39, 0.29) is 5.95 Å². The molecule has 0 aliphatic carbocycles. The van der Waals surface area contributed by atoms with E-state index in [4.69, 9.17) is 5.73 Å². The van der Waals surface area contributed by atoms with Crippen molar-refractivity contribution in [2.45, 2.75) is 13.8 Å². The van der Waals surface area contributed by atoms with Crippen molar-refractivity contribution in [1.82, 2.24) is 20.3 Å². The van der Waals surface area contributed by atoms with Crippen molar-refractivity contribution in [2.24, 2.45) is 5.10 Å². The van der Waals surface area contributed by atoms with Crippen LogP contribution in [0.4, 0.5) is 5.95 Å². The molecule has 0 aliphatic rings. The lowest BCUT2D eigenvalue weighted by Crippen LogP contribution is -2.00. The van der Waals surface area contributed by atoms with Crippen molar-refractivity contribution >= 4 is 11.7 Å². The second kappa shape index (κ2) is 2.42. The topological polar surface area (TPSA) is 82.0 Å². The Kier molecular flexibility index (Phi) is 1.61. The van der Waals surface area contributed by atoms with E-state index in [9.17, 15) is 0 Å². The number of tetrazole rings is 1. The second-order valence-electron chi connectivity index (χ2n) is 1.97. The summed E-state index contributed by atoms with van der Waals surface area (Å²) < 4.78 is 0. The minimum Gasteiger partial charge on any atom is -0.365 e. The molecule has 1 rings (SSSR count). The standard InChI is InChI=1S/C4H8N6/c1-3(2)7-10-4(5)6-8-9-10/h1-2H3,(H2,5,6,9). The van der Waals surface area contributed by atoms with E-state index in [0.29, 0.717) is 0 Å². The molecule has 0 saturated carbocycles. The van der Waals surface area contributed by atoms with Crippen molar-refractivity contribution < 1.29 is 0 Å². The molecular formula is C4H8N6. The number of aromatic nitrogens is 4. The Morgan fingerprint density at radius 2 is 2.30 bits per heavy atom. The van der Waals surface area contributed by atoms with Crippen LogP contribution >= 0.6 is 0 Å². The van der Waals surface area contributed by atoms with Crippen LogP contribution in [0.1, 0.15) is 13.8 Å². The molecule has 1 aromatic heterocycles. The van der Waals surface area contributed by atoms with Gasteiger partial charge in [-0.2, -0.15) is 5.10 Å². The van der Waals surface area contributed by atoms with E-state index >= 15 is 0 Å². The lowest BCUT2D eigenvalue weighted by Gasteiger charge is -1.90. The molecule has 0 bridgehead atoms. The van der Waals surface area contributed by atoms with E-state index in [1.807, 2.05) is 13.8 Å². The maximum atomic E-state index is 5.31. The molecule has 6 nitrogen and oxygen atoms in total. The molecule has 1 heterocycles. The summed E-state index contributed by atoms with van der Waals surface area (Å²) in [6.07, 6.45) is 0. The molecule has 0 spiro atoms. The van der Waals surface area contributed by atoms with E-state index in [1.54, 1.807) is 0 Å². The first-order valence-corrected chi connectivity index (χ1v) is 2.76. The SMILES string of the molecule is CC(C)=Nn1nnnc1N. The molecule has 0 unspecified atom stereocenters. The van der Waals surface area contributed by atoms with Gasteiger partial charge in [0.25, 0.3) is 5.95 Å². The molecule has 0 fully saturated rings. The highest BCUT2D eigenvalue weighted by atomic mass is 15.7. The molecule has 0 atom stereocenters. The highest BCUT2D eigenvalue weighted by Crippen LogP contribution is 1.90. The number of hydrogen-bond acceptors (Lipinski definition) is 5. The third kappa shape index (κ3) is 1.28. The summed E-state index contributed by atoms with van der Waals surface area (Å²) in [4.78, 5) is 1.18. The predicted octanol–water partition coefficient (Wildman–Crippen LogP) is -0.501. The molecule has 0 radical (unpaired) electrons. The van der Waals surface area contributed by atoms with Crippen LogP contribution in [0.25, 0.3) is 0 Å². The van der Waals surface area contributed by atoms with Crippen LogP contribution in [0.3, 0.4) is 0 Å². The fourth-order valence-corrected chi connectivity index (χ4v) is 0.450. The number of nitrogens with zero attached hydrogens (tertiary/aromatic N) is 5. The van der Waals surface area contributed by atoms with Crippen molar-refractivity contribution in [3.05, 3.63) is 0 Å². The van der Waals surface area contributed by atoms with Gasteiger partial charge in [0.1, 0.15) is 0 Å². The first kappa shape index (κ1) is 6.66. The summed E-state index contributed by atoms with van der Waals surface area (Å²) in [5.41, 5.74) is 6.15. The number of nitrogen functional groups attached to an aromatic ring is 1. The lowest BCUT2D eigenvalue weighted by molar-refractivity contribution is 0.695. The predicted molar refractivity (Wildman–Crippen MR) is 36.4 cm³/mol. The monoisotopic (exact) mass is 140 g/mol. The molecule has 1 aromatic rings. The quantitative estimate of drug-likeness (QED) is 0.533. The second-order valence-corrected chi connectivity index (χ2v) is 1.97. The normalized spacial score (nSPS) is 9.40. The zero-order chi connectivity index (χ0) is 7.56. The van der Waals surface area contributed by atoms with E-state index in [1.165, 1.54) is 4.79 Å². The minimum absolute atomic E-state index is 0.196. The van der Waals surface area contributed by atoms with Crippen molar-refractivity contribution in [2.75, 3.05) is 5.73 Å². The highest BCUT2D eigenvalue weighted by molar-refractivity contribution is 5.78. The third-order valence-corrected chi connectivity index (χ3v) is 0.772. The summed E-state index contributed by atoms with van der Waals surface area (Å²) in [5, 5.41) is 14.1. The molecule has 0 saturated heterocycles. The van der Waals surface area contributed by atoms with E-state index in [0.717, 1.165) is 5.71 Å². The maximum absolute atomic E-state index is 5.31. The van der Waals surface area contributed by atoms with Gasteiger partial charge in [-0.15, -0.1) is 0 Å². The van der Waals surface area contributed by atoms with Crippen LogP contribution in [-0.4, -0.2) is 26.0 Å². The molecule has 0 aromatic carbocycles. The van der Waals surface area contributed by atoms with Crippen LogP contribution in [0.2, 0.25) is 0 Å². The van der Waals surface area contributed by atoms with Gasteiger partial charge in [-0.25, -0.2) is 0 Å². The number of hydrogen-bond donors (Lipinski definition) is 1. The van der Waals surface area contributed by atoms with Crippen molar-refractivity contribution in [1.29, 1.82) is 0 Å². The van der Waals surface area contributed by atoms with Gasteiger partial charge in [0.05, 0.1) is 0 Å². The Hall–Kier alpha value is -1.46. The molecular weight excluding hydrogens is 132 g/mol. The molecule has 0 amide bonds. The summed E-state index contributed by atoms with van der Waals surface area (Å²) in [7, 11) is 0. The van der Waals surface area contributed by atoms with Gasteiger partial charge in [-0.3, -0.25) is 0 Å². The first-order chi connectivity index (χ1) is 4.70. The first-order valence-electron chi connectivity index (χ1n) is 2.76. The third-order valence-electron chi connectivity index (χ3n) is 0.772. The fourth-order valence-electron chi connectivity index (χ4n) is 0.450. The number of anilines is 1. The summed E-state index contributed by atoms with van der Waals surface area (Å²) in [6.45, 7) is 3.67. The summed E-state index contributed by atoms with van der Waals surface area (Å²) >= 11 is 0. The van der Waals surface area contributed by atoms with Crippen LogP contribution in [0, 0.1) is 0 Å². The van der Waals surface area contributed by atoms with Crippen LogP contribution < -0.4 is 5.73 Å². The Morgan fingerprint density at radius 3 is 2.70 bits per heavy atom. The van der Waals surface area contributed by atoms with Crippen LogP contribution in [0.5, 0.6) is 0 Å². The molecule has 10 heavy (non-hydrogen) atoms. The Balaban J connectivity index is 2.95. The van der Waals surface area contributed by atoms with Gasteiger partial charge >= 0.3 is 0 Å². The molecule has 2 N–H and O–H groups in total. The fraction of sp³-hybridized carbons (Fsp3) is 0.500. The summed E-state index contributed by atoms with van der Waals surface area (Å²) in [6, 6.07) is 0. The zero-order valence-corrected chi connectivity index (χ0v) is 5.81. The van der Waals surface area contributed by atoms with Crippen LogP contribution in [0.15, 0.2) is 5.10 Å². The number of nitrogens with two attached hydrogens (primary N) is 1. The Labute approximate surface area is 57.7 Å². The van der Waals surface area contributed by atoms with Crippen molar-refractivity contribution in [3.63, 3.8) is 0 Å². The van der Waals surface area contributed by atoms with Gasteiger partial charge < -0.3 is 5.73 Å². The molecule has 54 valence electrons. The average Bonchev–Trinajstić information content (AvgIpc) is 2.15. The van der Waals surface area contributed by atoms with E-state index in [2.05, 4.69) is 20.6 Å². The zero-order valence-electron chi connectivity index (χ0n) is 5.81. The minimum atomic E-state index is 0.196. The highest BCUT2D eigenvalue weighted by Gasteiger charge is 1.95. The van der Waals surface area contributed by atoms with Gasteiger partial charge in [-0.05, 0) is 24.3 Å². The van der Waals surface area contributed by atoms with Gasteiger partial charge in [0, 0.05) is 5.71 Å².